The highest BCUT2D eigenvalue weighted by Gasteiger charge is 2.06. The lowest BCUT2D eigenvalue weighted by Crippen LogP contribution is -2.00. The summed E-state index contributed by atoms with van der Waals surface area (Å²) in [6.45, 7) is 2.11. The molecule has 94 valence electrons. The van der Waals surface area contributed by atoms with E-state index in [0.717, 1.165) is 5.56 Å². The molecule has 2 nitrogen and oxygen atoms in total. The summed E-state index contributed by atoms with van der Waals surface area (Å²) < 4.78 is 18.7. The van der Waals surface area contributed by atoms with Gasteiger partial charge < -0.3 is 10.5 Å². The number of benzene rings is 2. The summed E-state index contributed by atoms with van der Waals surface area (Å²) in [5.41, 5.74) is 7.11. The van der Waals surface area contributed by atoms with Crippen LogP contribution >= 0.6 is 11.6 Å². The first-order valence-electron chi connectivity index (χ1n) is 5.52. The highest BCUT2D eigenvalue weighted by molar-refractivity contribution is 6.31. The number of hydrogen-bond donors (Lipinski definition) is 1. The lowest BCUT2D eigenvalue weighted by molar-refractivity contribution is 0.473. The van der Waals surface area contributed by atoms with Crippen LogP contribution in [-0.4, -0.2) is 0 Å². The van der Waals surface area contributed by atoms with Crippen molar-refractivity contribution in [3.8, 4) is 11.5 Å². The fraction of sp³-hybridized carbons (Fsp3) is 0.143. The van der Waals surface area contributed by atoms with Gasteiger partial charge in [0.25, 0.3) is 0 Å². The second-order valence-corrected chi connectivity index (χ2v) is 4.38. The summed E-state index contributed by atoms with van der Waals surface area (Å²) in [4.78, 5) is 0. The smallest absolute Gasteiger partial charge is 0.132 e. The minimum Gasteiger partial charge on any atom is -0.457 e. The molecule has 0 bridgehead atoms. The maximum atomic E-state index is 13.1. The van der Waals surface area contributed by atoms with E-state index in [0.29, 0.717) is 22.1 Å². The molecule has 0 saturated carbocycles. The Morgan fingerprint density at radius 3 is 2.67 bits per heavy atom. The van der Waals surface area contributed by atoms with Gasteiger partial charge >= 0.3 is 0 Å². The van der Waals surface area contributed by atoms with Gasteiger partial charge in [-0.25, -0.2) is 4.39 Å². The van der Waals surface area contributed by atoms with Crippen molar-refractivity contribution in [1.29, 1.82) is 0 Å². The Morgan fingerprint density at radius 1 is 1.22 bits per heavy atom. The molecule has 0 saturated heterocycles. The van der Waals surface area contributed by atoms with Crippen molar-refractivity contribution in [2.24, 2.45) is 5.73 Å². The van der Waals surface area contributed by atoms with E-state index in [4.69, 9.17) is 22.1 Å². The Morgan fingerprint density at radius 2 is 2.00 bits per heavy atom. The number of nitrogens with two attached hydrogens (primary N) is 1. The first-order chi connectivity index (χ1) is 8.60. The first kappa shape index (κ1) is 12.9. The van der Waals surface area contributed by atoms with E-state index < -0.39 is 0 Å². The van der Waals surface area contributed by atoms with E-state index in [1.54, 1.807) is 18.2 Å². The zero-order valence-corrected chi connectivity index (χ0v) is 10.7. The molecule has 18 heavy (non-hydrogen) atoms. The first-order valence-corrected chi connectivity index (χ1v) is 5.90. The summed E-state index contributed by atoms with van der Waals surface area (Å²) in [5, 5.41) is 0.681. The maximum Gasteiger partial charge on any atom is 0.132 e. The van der Waals surface area contributed by atoms with E-state index in [9.17, 15) is 4.39 Å². The molecule has 0 aliphatic heterocycles. The van der Waals surface area contributed by atoms with E-state index in [2.05, 4.69) is 0 Å². The molecule has 0 spiro atoms. The van der Waals surface area contributed by atoms with Crippen molar-refractivity contribution in [2.75, 3.05) is 0 Å². The van der Waals surface area contributed by atoms with Crippen LogP contribution in [0.1, 0.15) is 11.1 Å². The summed E-state index contributed by atoms with van der Waals surface area (Å²) in [6.07, 6.45) is 0. The van der Waals surface area contributed by atoms with Gasteiger partial charge in [0.05, 0.1) is 0 Å². The third-order valence-electron chi connectivity index (χ3n) is 2.60. The summed E-state index contributed by atoms with van der Waals surface area (Å²) in [7, 11) is 0. The van der Waals surface area contributed by atoms with Crippen molar-refractivity contribution >= 4 is 11.6 Å². The second-order valence-electron chi connectivity index (χ2n) is 3.97. The Balaban J connectivity index is 2.30. The minimum absolute atomic E-state index is 0.222. The molecule has 0 heterocycles. The fourth-order valence-electron chi connectivity index (χ4n) is 1.61. The number of aryl methyl sites for hydroxylation is 1. The molecule has 2 aromatic rings. The Bertz CT molecular complexity index is 572. The van der Waals surface area contributed by atoms with Crippen LogP contribution in [-0.2, 0) is 6.54 Å². The molecule has 0 unspecified atom stereocenters. The predicted octanol–water partition coefficient (Wildman–Crippen LogP) is 4.04. The number of halogens is 2. The SMILES string of the molecule is Cc1cc(Oc2ccc(F)cc2CN)ccc1Cl. The molecular formula is C14H13ClFNO. The van der Waals surface area contributed by atoms with Gasteiger partial charge in [0, 0.05) is 17.1 Å². The highest BCUT2D eigenvalue weighted by atomic mass is 35.5. The third kappa shape index (κ3) is 2.81. The molecule has 4 heteroatoms. The van der Waals surface area contributed by atoms with Gasteiger partial charge in [-0.05, 0) is 48.9 Å². The average Bonchev–Trinajstić information content (AvgIpc) is 2.36. The highest BCUT2D eigenvalue weighted by Crippen LogP contribution is 2.28. The van der Waals surface area contributed by atoms with Crippen LogP contribution in [0.4, 0.5) is 4.39 Å². The van der Waals surface area contributed by atoms with Crippen molar-refractivity contribution < 1.29 is 9.13 Å². The van der Waals surface area contributed by atoms with E-state index in [-0.39, 0.29) is 12.4 Å². The quantitative estimate of drug-likeness (QED) is 0.909. The number of ether oxygens (including phenoxy) is 1. The molecule has 0 fully saturated rings. The Labute approximate surface area is 110 Å². The number of rotatable bonds is 3. The van der Waals surface area contributed by atoms with Gasteiger partial charge in [0.1, 0.15) is 17.3 Å². The summed E-state index contributed by atoms with van der Waals surface area (Å²) in [5.74, 6) is 0.883. The molecule has 2 aromatic carbocycles. The Kier molecular flexibility index (Phi) is 3.84. The second kappa shape index (κ2) is 5.38. The molecule has 0 aliphatic carbocycles. The van der Waals surface area contributed by atoms with Crippen molar-refractivity contribution in [1.82, 2.24) is 0 Å². The fourth-order valence-corrected chi connectivity index (χ4v) is 1.73. The average molecular weight is 266 g/mol. The van der Waals surface area contributed by atoms with Gasteiger partial charge in [-0.1, -0.05) is 11.6 Å². The molecule has 0 aromatic heterocycles. The van der Waals surface area contributed by atoms with E-state index in [1.807, 2.05) is 13.0 Å². The topological polar surface area (TPSA) is 35.2 Å². The standard InChI is InChI=1S/C14H13ClFNO/c1-9-6-12(3-4-13(9)15)18-14-5-2-11(16)7-10(14)8-17/h2-7H,8,17H2,1H3. The lowest BCUT2D eigenvalue weighted by atomic mass is 10.2. The maximum absolute atomic E-state index is 13.1. The van der Waals surface area contributed by atoms with Gasteiger partial charge in [-0.3, -0.25) is 0 Å². The Hall–Kier alpha value is -1.58. The van der Waals surface area contributed by atoms with Crippen LogP contribution in [0, 0.1) is 12.7 Å². The van der Waals surface area contributed by atoms with E-state index >= 15 is 0 Å². The largest absolute Gasteiger partial charge is 0.457 e. The van der Waals surface area contributed by atoms with Crippen molar-refractivity contribution in [3.63, 3.8) is 0 Å². The monoisotopic (exact) mass is 265 g/mol. The minimum atomic E-state index is -0.324. The van der Waals surface area contributed by atoms with E-state index in [1.165, 1.54) is 12.1 Å². The van der Waals surface area contributed by atoms with Crippen LogP contribution < -0.4 is 10.5 Å². The van der Waals surface area contributed by atoms with Gasteiger partial charge in [-0.15, -0.1) is 0 Å². The van der Waals surface area contributed by atoms with Crippen LogP contribution in [0.25, 0.3) is 0 Å². The number of hydrogen-bond acceptors (Lipinski definition) is 2. The molecule has 0 aliphatic rings. The third-order valence-corrected chi connectivity index (χ3v) is 3.02. The van der Waals surface area contributed by atoms with Gasteiger partial charge in [-0.2, -0.15) is 0 Å². The molecule has 0 amide bonds. The normalized spacial score (nSPS) is 10.4. The van der Waals surface area contributed by atoms with Gasteiger partial charge in [0.2, 0.25) is 0 Å². The van der Waals surface area contributed by atoms with Crippen molar-refractivity contribution in [2.45, 2.75) is 13.5 Å². The zero-order chi connectivity index (χ0) is 13.1. The molecule has 2 rings (SSSR count). The van der Waals surface area contributed by atoms with Crippen LogP contribution in [0.15, 0.2) is 36.4 Å². The summed E-state index contributed by atoms with van der Waals surface area (Å²) >= 11 is 5.94. The van der Waals surface area contributed by atoms with Crippen molar-refractivity contribution in [3.05, 3.63) is 58.4 Å². The molecule has 2 N–H and O–H groups in total. The van der Waals surface area contributed by atoms with Crippen LogP contribution in [0.5, 0.6) is 11.5 Å². The summed E-state index contributed by atoms with van der Waals surface area (Å²) in [6, 6.07) is 9.64. The predicted molar refractivity (Wildman–Crippen MR) is 70.6 cm³/mol. The molecule has 0 atom stereocenters. The zero-order valence-electron chi connectivity index (χ0n) is 9.91. The molecular weight excluding hydrogens is 253 g/mol. The van der Waals surface area contributed by atoms with Crippen LogP contribution in [0.2, 0.25) is 5.02 Å². The molecule has 0 radical (unpaired) electrons. The van der Waals surface area contributed by atoms with Gasteiger partial charge in [0.15, 0.2) is 0 Å². The lowest BCUT2D eigenvalue weighted by Gasteiger charge is -2.11. The van der Waals surface area contributed by atoms with Crippen LogP contribution in [0.3, 0.4) is 0 Å².